The zero-order valence-corrected chi connectivity index (χ0v) is 14.7. The first-order valence-corrected chi connectivity index (χ1v) is 8.45. The molecule has 1 heterocycles. The monoisotopic (exact) mass is 387 g/mol. The minimum Gasteiger partial charge on any atom is -0.508 e. The van der Waals surface area contributed by atoms with E-state index in [0.29, 0.717) is 16.8 Å². The van der Waals surface area contributed by atoms with E-state index in [0.717, 1.165) is 0 Å². The number of fused-ring (bicyclic) bond motifs is 1. The van der Waals surface area contributed by atoms with Crippen molar-refractivity contribution in [3.63, 3.8) is 0 Å². The summed E-state index contributed by atoms with van der Waals surface area (Å²) in [6.45, 7) is -0.920. The van der Waals surface area contributed by atoms with E-state index >= 15 is 0 Å². The number of aliphatic hydroxyl groups excluding tert-OH is 1. The van der Waals surface area contributed by atoms with Gasteiger partial charge < -0.3 is 20.4 Å². The minimum absolute atomic E-state index is 0.0544. The van der Waals surface area contributed by atoms with Crippen molar-refractivity contribution in [1.29, 1.82) is 0 Å². The predicted octanol–water partition coefficient (Wildman–Crippen LogP) is 0.734. The molecule has 0 aromatic heterocycles. The van der Waals surface area contributed by atoms with Crippen LogP contribution >= 0.6 is 0 Å². The van der Waals surface area contributed by atoms with Gasteiger partial charge in [-0.2, -0.15) is 0 Å². The van der Waals surface area contributed by atoms with Crippen LogP contribution in [0.15, 0.2) is 36.4 Å². The maximum Gasteiger partial charge on any atom is 0.255 e. The summed E-state index contributed by atoms with van der Waals surface area (Å²) in [4.78, 5) is 36.7. The summed E-state index contributed by atoms with van der Waals surface area (Å²) >= 11 is 0. The maximum absolute atomic E-state index is 13.8. The molecule has 0 unspecified atom stereocenters. The fourth-order valence-corrected chi connectivity index (χ4v) is 2.98. The van der Waals surface area contributed by atoms with Crippen molar-refractivity contribution in [2.45, 2.75) is 13.1 Å². The van der Waals surface area contributed by atoms with Crippen LogP contribution in [-0.4, -0.2) is 46.0 Å². The van der Waals surface area contributed by atoms with Crippen molar-refractivity contribution < 1.29 is 29.0 Å². The highest BCUT2D eigenvalue weighted by Gasteiger charge is 2.30. The van der Waals surface area contributed by atoms with E-state index in [-0.39, 0.29) is 36.9 Å². The third-order valence-corrected chi connectivity index (χ3v) is 4.30. The van der Waals surface area contributed by atoms with Gasteiger partial charge in [-0.15, -0.1) is 0 Å². The highest BCUT2D eigenvalue weighted by atomic mass is 19.1. The van der Waals surface area contributed by atoms with Crippen molar-refractivity contribution >= 4 is 23.4 Å². The van der Waals surface area contributed by atoms with E-state index in [9.17, 15) is 23.9 Å². The Hall–Kier alpha value is -3.46. The summed E-state index contributed by atoms with van der Waals surface area (Å²) in [6.07, 6.45) is 0. The molecule has 146 valence electrons. The Morgan fingerprint density at radius 2 is 1.96 bits per heavy atom. The van der Waals surface area contributed by atoms with Crippen LogP contribution in [0.5, 0.6) is 5.75 Å². The third kappa shape index (κ3) is 4.09. The van der Waals surface area contributed by atoms with Gasteiger partial charge in [0.25, 0.3) is 11.8 Å². The van der Waals surface area contributed by atoms with E-state index in [2.05, 4.69) is 5.32 Å². The number of benzene rings is 2. The van der Waals surface area contributed by atoms with E-state index in [4.69, 9.17) is 5.11 Å². The Morgan fingerprint density at radius 1 is 1.18 bits per heavy atom. The van der Waals surface area contributed by atoms with Gasteiger partial charge in [0.2, 0.25) is 5.91 Å². The second-order valence-electron chi connectivity index (χ2n) is 6.25. The SMILES string of the molecule is O=C(CO)NC(=O)CN1Cc2c(NCc3cc(O)ccc3F)cccc2C1=O. The van der Waals surface area contributed by atoms with Gasteiger partial charge in [-0.05, 0) is 30.3 Å². The lowest BCUT2D eigenvalue weighted by Gasteiger charge is -2.15. The number of imide groups is 1. The number of aliphatic hydroxyl groups is 1. The van der Waals surface area contributed by atoms with Crippen molar-refractivity contribution in [2.24, 2.45) is 0 Å². The van der Waals surface area contributed by atoms with Crippen LogP contribution in [0.4, 0.5) is 10.1 Å². The van der Waals surface area contributed by atoms with Crippen LogP contribution in [-0.2, 0) is 22.7 Å². The first kappa shape index (κ1) is 19.3. The molecule has 3 amide bonds. The number of phenols is 1. The number of carbonyl (C=O) groups is 3. The molecule has 3 rings (SSSR count). The molecule has 4 N–H and O–H groups in total. The highest BCUT2D eigenvalue weighted by molar-refractivity contribution is 6.03. The molecule has 0 aliphatic carbocycles. The van der Waals surface area contributed by atoms with Crippen molar-refractivity contribution in [1.82, 2.24) is 10.2 Å². The molecule has 0 bridgehead atoms. The van der Waals surface area contributed by atoms with Gasteiger partial charge >= 0.3 is 0 Å². The van der Waals surface area contributed by atoms with Crippen LogP contribution < -0.4 is 10.6 Å². The van der Waals surface area contributed by atoms with Crippen LogP contribution in [0.3, 0.4) is 0 Å². The number of phenolic OH excluding ortho intramolecular Hbond substituents is 1. The molecule has 2 aromatic carbocycles. The average Bonchev–Trinajstić information content (AvgIpc) is 2.98. The molecule has 0 saturated heterocycles. The quantitative estimate of drug-likeness (QED) is 0.580. The molecule has 1 aliphatic rings. The Kier molecular flexibility index (Phi) is 5.55. The van der Waals surface area contributed by atoms with Gasteiger partial charge in [-0.1, -0.05) is 6.07 Å². The smallest absolute Gasteiger partial charge is 0.255 e. The van der Waals surface area contributed by atoms with Gasteiger partial charge in [0.15, 0.2) is 0 Å². The van der Waals surface area contributed by atoms with Crippen LogP contribution in [0.1, 0.15) is 21.5 Å². The number of hydrogen-bond donors (Lipinski definition) is 4. The molecule has 28 heavy (non-hydrogen) atoms. The second kappa shape index (κ2) is 8.05. The van der Waals surface area contributed by atoms with E-state index in [1.165, 1.54) is 23.1 Å². The summed E-state index contributed by atoms with van der Waals surface area (Å²) < 4.78 is 13.8. The molecule has 1 aliphatic heterocycles. The largest absolute Gasteiger partial charge is 0.508 e. The number of halogens is 1. The molecular weight excluding hydrogens is 369 g/mol. The normalized spacial score (nSPS) is 12.6. The zero-order valence-electron chi connectivity index (χ0n) is 14.7. The average molecular weight is 387 g/mol. The van der Waals surface area contributed by atoms with Crippen molar-refractivity contribution in [3.8, 4) is 5.75 Å². The van der Waals surface area contributed by atoms with Gasteiger partial charge in [0, 0.05) is 35.5 Å². The number of aromatic hydroxyl groups is 1. The number of carbonyl (C=O) groups excluding carboxylic acids is 3. The standard InChI is InChI=1S/C19H18FN3O5/c20-15-5-4-12(25)6-11(15)7-21-16-3-1-2-13-14(16)8-23(19(13)28)9-17(26)22-18(27)10-24/h1-6,21,24-25H,7-10H2,(H,22,26,27). The van der Waals surface area contributed by atoms with Crippen molar-refractivity contribution in [2.75, 3.05) is 18.5 Å². The Labute approximate surface area is 159 Å². The number of anilines is 1. The molecule has 8 nitrogen and oxygen atoms in total. The topological polar surface area (TPSA) is 119 Å². The van der Waals surface area contributed by atoms with Gasteiger partial charge in [-0.25, -0.2) is 4.39 Å². The van der Waals surface area contributed by atoms with Crippen LogP contribution in [0.25, 0.3) is 0 Å². The van der Waals surface area contributed by atoms with Crippen molar-refractivity contribution in [3.05, 3.63) is 58.9 Å². The van der Waals surface area contributed by atoms with E-state index in [1.807, 2.05) is 5.32 Å². The molecule has 0 atom stereocenters. The molecular formula is C19H18FN3O5. The lowest BCUT2D eigenvalue weighted by molar-refractivity contribution is -0.132. The zero-order chi connectivity index (χ0) is 20.3. The van der Waals surface area contributed by atoms with E-state index in [1.54, 1.807) is 18.2 Å². The lowest BCUT2D eigenvalue weighted by Crippen LogP contribution is -2.41. The maximum atomic E-state index is 13.8. The first-order valence-electron chi connectivity index (χ1n) is 8.45. The highest BCUT2D eigenvalue weighted by Crippen LogP contribution is 2.30. The molecule has 0 radical (unpaired) electrons. The number of amides is 3. The molecule has 9 heteroatoms. The summed E-state index contributed by atoms with van der Waals surface area (Å²) in [7, 11) is 0. The summed E-state index contributed by atoms with van der Waals surface area (Å²) in [5.41, 5.74) is 1.92. The van der Waals surface area contributed by atoms with Gasteiger partial charge in [-0.3, -0.25) is 19.7 Å². The number of rotatable bonds is 6. The number of hydrogen-bond acceptors (Lipinski definition) is 6. The van der Waals surface area contributed by atoms with Crippen LogP contribution in [0.2, 0.25) is 0 Å². The third-order valence-electron chi connectivity index (χ3n) is 4.30. The van der Waals surface area contributed by atoms with E-state index < -0.39 is 24.2 Å². The molecule has 0 saturated carbocycles. The number of nitrogens with zero attached hydrogens (tertiary/aromatic N) is 1. The summed E-state index contributed by atoms with van der Waals surface area (Å²) in [5.74, 6) is -2.43. The van der Waals surface area contributed by atoms with Gasteiger partial charge in [0.05, 0.1) is 0 Å². The Bertz CT molecular complexity index is 947. The fourth-order valence-electron chi connectivity index (χ4n) is 2.98. The Morgan fingerprint density at radius 3 is 2.71 bits per heavy atom. The summed E-state index contributed by atoms with van der Waals surface area (Å²) in [5, 5.41) is 23.2. The predicted molar refractivity (Wildman–Crippen MR) is 96.8 cm³/mol. The molecule has 2 aromatic rings. The fraction of sp³-hybridized carbons (Fsp3) is 0.211. The molecule has 0 fully saturated rings. The summed E-state index contributed by atoms with van der Waals surface area (Å²) in [6, 6.07) is 8.74. The van der Waals surface area contributed by atoms with Gasteiger partial charge in [0.1, 0.15) is 24.7 Å². The lowest BCUT2D eigenvalue weighted by atomic mass is 10.1. The van der Waals surface area contributed by atoms with Crippen LogP contribution in [0, 0.1) is 5.82 Å². The minimum atomic E-state index is -0.843. The molecule has 0 spiro atoms. The first-order chi connectivity index (χ1) is 13.4. The second-order valence-corrected chi connectivity index (χ2v) is 6.25. The number of nitrogens with one attached hydrogen (secondary N) is 2. The Balaban J connectivity index is 1.72.